The molecule has 8 heteroatoms. The molecule has 3 aromatic heterocycles. The third-order valence-corrected chi connectivity index (χ3v) is 6.33. The number of pyridine rings is 1. The van der Waals surface area contributed by atoms with E-state index in [1.165, 1.54) is 0 Å². The molecule has 8 nitrogen and oxygen atoms in total. The van der Waals surface area contributed by atoms with Crippen LogP contribution >= 0.6 is 0 Å². The van der Waals surface area contributed by atoms with Crippen LogP contribution in [-0.4, -0.2) is 34.7 Å². The van der Waals surface area contributed by atoms with Crippen molar-refractivity contribution in [1.29, 1.82) is 0 Å². The Labute approximate surface area is 209 Å². The van der Waals surface area contributed by atoms with E-state index in [1.807, 2.05) is 76.1 Å². The minimum atomic E-state index is 0.0117. The Morgan fingerprint density at radius 1 is 0.861 bits per heavy atom. The lowest BCUT2D eigenvalue weighted by molar-refractivity contribution is 0.642. The molecule has 0 amide bonds. The first-order valence-electron chi connectivity index (χ1n) is 12.3. The molecule has 0 radical (unpaired) electrons. The summed E-state index contributed by atoms with van der Waals surface area (Å²) in [5.41, 5.74) is 5.82. The number of imidazole rings is 1. The summed E-state index contributed by atoms with van der Waals surface area (Å²) < 4.78 is 3.71. The molecule has 0 aliphatic rings. The molecule has 2 aromatic carbocycles. The summed E-state index contributed by atoms with van der Waals surface area (Å²) in [5, 5.41) is 14.2. The summed E-state index contributed by atoms with van der Waals surface area (Å²) in [6, 6.07) is 22.0. The number of benzene rings is 2. The van der Waals surface area contributed by atoms with Gasteiger partial charge in [0, 0.05) is 29.2 Å². The number of aromatic nitrogens is 7. The van der Waals surface area contributed by atoms with Crippen molar-refractivity contribution in [3.63, 3.8) is 0 Å². The van der Waals surface area contributed by atoms with Crippen molar-refractivity contribution in [2.45, 2.75) is 45.7 Å². The number of hydrogen-bond acceptors (Lipinski definition) is 5. The lowest BCUT2D eigenvalue weighted by Crippen LogP contribution is -2.26. The fourth-order valence-electron chi connectivity index (χ4n) is 4.45. The molecule has 0 bridgehead atoms. The van der Waals surface area contributed by atoms with Gasteiger partial charge < -0.3 is 0 Å². The fraction of sp³-hybridized carbons (Fsp3) is 0.250. The maximum atomic E-state index is 13.4. The predicted molar refractivity (Wildman–Crippen MR) is 139 cm³/mol. The Morgan fingerprint density at radius 2 is 1.67 bits per heavy atom. The standard InChI is InChI=1S/C28H29N7O/c1-2-3-5-12-23-20-34(18-21-10-6-4-7-11-21)28(36)35(23)19-22-15-16-26(29-17-22)24-13-8-9-14-25(24)27-30-32-33-31-27/h4,6-11,13-17,20H,2-3,5,12,18-19H2,1H3,(H,30,31,32,33). The van der Waals surface area contributed by atoms with Crippen molar-refractivity contribution in [2.75, 3.05) is 0 Å². The second kappa shape index (κ2) is 10.9. The van der Waals surface area contributed by atoms with Crippen molar-refractivity contribution in [2.24, 2.45) is 0 Å². The molecule has 1 N–H and O–H groups in total. The SMILES string of the molecule is CCCCCc1cn(Cc2ccccc2)c(=O)n1Cc1ccc(-c2ccccc2-c2nnn[nH]2)nc1. The lowest BCUT2D eigenvalue weighted by Gasteiger charge is -2.09. The number of aryl methyl sites for hydroxylation is 1. The van der Waals surface area contributed by atoms with Gasteiger partial charge in [0.1, 0.15) is 0 Å². The number of unbranched alkanes of at least 4 members (excludes halogenated alkanes) is 2. The number of hydrogen-bond donors (Lipinski definition) is 1. The third-order valence-electron chi connectivity index (χ3n) is 6.33. The van der Waals surface area contributed by atoms with E-state index in [0.29, 0.717) is 18.9 Å². The van der Waals surface area contributed by atoms with E-state index in [0.717, 1.165) is 59.3 Å². The number of rotatable bonds is 10. The van der Waals surface area contributed by atoms with Gasteiger partial charge in [-0.2, -0.15) is 0 Å². The number of nitrogens with zero attached hydrogens (tertiary/aromatic N) is 6. The van der Waals surface area contributed by atoms with Gasteiger partial charge in [-0.15, -0.1) is 5.10 Å². The van der Waals surface area contributed by atoms with Crippen molar-refractivity contribution in [1.82, 2.24) is 34.7 Å². The molecular weight excluding hydrogens is 450 g/mol. The first-order valence-corrected chi connectivity index (χ1v) is 12.3. The second-order valence-electron chi connectivity index (χ2n) is 8.91. The van der Waals surface area contributed by atoms with Crippen LogP contribution in [0.15, 0.2) is 83.9 Å². The van der Waals surface area contributed by atoms with E-state index in [4.69, 9.17) is 4.98 Å². The smallest absolute Gasteiger partial charge is 0.295 e. The molecule has 0 aliphatic carbocycles. The average Bonchev–Trinajstić information content (AvgIpc) is 3.55. The highest BCUT2D eigenvalue weighted by Crippen LogP contribution is 2.28. The van der Waals surface area contributed by atoms with Crippen molar-refractivity contribution in [3.05, 3.63) is 106 Å². The predicted octanol–water partition coefficient (Wildman–Crippen LogP) is 4.72. The van der Waals surface area contributed by atoms with Crippen LogP contribution in [0.1, 0.15) is 43.0 Å². The zero-order valence-electron chi connectivity index (χ0n) is 20.3. The number of H-pyrrole nitrogens is 1. The van der Waals surface area contributed by atoms with Crippen LogP contribution in [0.4, 0.5) is 0 Å². The number of nitrogens with one attached hydrogen (secondary N) is 1. The van der Waals surface area contributed by atoms with Crippen LogP contribution in [0.2, 0.25) is 0 Å². The van der Waals surface area contributed by atoms with Gasteiger partial charge in [-0.05, 0) is 40.5 Å². The molecule has 3 heterocycles. The summed E-state index contributed by atoms with van der Waals surface area (Å²) in [6.07, 6.45) is 8.11. The van der Waals surface area contributed by atoms with E-state index in [1.54, 1.807) is 0 Å². The van der Waals surface area contributed by atoms with Crippen molar-refractivity contribution < 1.29 is 0 Å². The van der Waals surface area contributed by atoms with Gasteiger partial charge in [0.2, 0.25) is 0 Å². The molecular formula is C28H29N7O. The number of tetrazole rings is 1. The maximum absolute atomic E-state index is 13.4. The third kappa shape index (κ3) is 5.17. The number of aromatic amines is 1. The van der Waals surface area contributed by atoms with Gasteiger partial charge in [0.15, 0.2) is 5.82 Å². The van der Waals surface area contributed by atoms with Crippen LogP contribution in [0, 0.1) is 0 Å². The molecule has 5 rings (SSSR count). The monoisotopic (exact) mass is 479 g/mol. The quantitative estimate of drug-likeness (QED) is 0.293. The molecule has 0 aliphatic heterocycles. The first-order chi connectivity index (χ1) is 17.7. The molecule has 182 valence electrons. The van der Waals surface area contributed by atoms with E-state index in [2.05, 4.69) is 39.7 Å². The van der Waals surface area contributed by atoms with Gasteiger partial charge in [-0.1, -0.05) is 80.4 Å². The van der Waals surface area contributed by atoms with Crippen LogP contribution in [0.5, 0.6) is 0 Å². The highest BCUT2D eigenvalue weighted by atomic mass is 16.1. The van der Waals surface area contributed by atoms with Gasteiger partial charge in [0.25, 0.3) is 0 Å². The Bertz CT molecular complexity index is 1450. The Kier molecular flexibility index (Phi) is 7.12. The highest BCUT2D eigenvalue weighted by Gasteiger charge is 2.14. The molecule has 0 atom stereocenters. The summed E-state index contributed by atoms with van der Waals surface area (Å²) in [6.45, 7) is 3.25. The van der Waals surface area contributed by atoms with Gasteiger partial charge in [0.05, 0.1) is 18.8 Å². The van der Waals surface area contributed by atoms with E-state index in [-0.39, 0.29) is 5.69 Å². The molecule has 0 saturated carbocycles. The minimum absolute atomic E-state index is 0.0117. The first kappa shape index (κ1) is 23.4. The fourth-order valence-corrected chi connectivity index (χ4v) is 4.45. The Balaban J connectivity index is 1.41. The topological polar surface area (TPSA) is 94.3 Å². The van der Waals surface area contributed by atoms with Gasteiger partial charge in [-0.3, -0.25) is 14.1 Å². The van der Waals surface area contributed by atoms with E-state index in [9.17, 15) is 4.79 Å². The Hall–Kier alpha value is -4.33. The molecule has 0 spiro atoms. The van der Waals surface area contributed by atoms with Crippen LogP contribution in [-0.2, 0) is 19.5 Å². The lowest BCUT2D eigenvalue weighted by atomic mass is 10.0. The van der Waals surface area contributed by atoms with E-state index < -0.39 is 0 Å². The molecule has 36 heavy (non-hydrogen) atoms. The summed E-state index contributed by atoms with van der Waals surface area (Å²) in [4.78, 5) is 18.1. The summed E-state index contributed by atoms with van der Waals surface area (Å²) >= 11 is 0. The summed E-state index contributed by atoms with van der Waals surface area (Å²) in [7, 11) is 0. The van der Waals surface area contributed by atoms with Gasteiger partial charge >= 0.3 is 5.69 Å². The molecule has 5 aromatic rings. The molecule has 0 unspecified atom stereocenters. The van der Waals surface area contributed by atoms with Crippen molar-refractivity contribution >= 4 is 0 Å². The Morgan fingerprint density at radius 3 is 2.39 bits per heavy atom. The summed E-state index contributed by atoms with van der Waals surface area (Å²) in [5.74, 6) is 0.597. The maximum Gasteiger partial charge on any atom is 0.328 e. The average molecular weight is 480 g/mol. The van der Waals surface area contributed by atoms with E-state index >= 15 is 0 Å². The zero-order chi connectivity index (χ0) is 24.7. The second-order valence-corrected chi connectivity index (χ2v) is 8.91. The molecule has 0 fully saturated rings. The normalized spacial score (nSPS) is 11.1. The largest absolute Gasteiger partial charge is 0.328 e. The zero-order valence-corrected chi connectivity index (χ0v) is 20.3. The van der Waals surface area contributed by atoms with Crippen molar-refractivity contribution in [3.8, 4) is 22.6 Å². The van der Waals surface area contributed by atoms with Crippen LogP contribution in [0.25, 0.3) is 22.6 Å². The van der Waals surface area contributed by atoms with Crippen LogP contribution < -0.4 is 5.69 Å². The molecule has 0 saturated heterocycles. The van der Waals surface area contributed by atoms with Gasteiger partial charge in [-0.25, -0.2) is 9.89 Å². The van der Waals surface area contributed by atoms with Crippen LogP contribution in [0.3, 0.4) is 0 Å². The highest BCUT2D eigenvalue weighted by molar-refractivity contribution is 5.78. The minimum Gasteiger partial charge on any atom is -0.295 e.